The highest BCUT2D eigenvalue weighted by molar-refractivity contribution is 9.10. The Morgan fingerprint density at radius 2 is 2.06 bits per heavy atom. The van der Waals surface area contributed by atoms with Gasteiger partial charge >= 0.3 is 5.97 Å². The van der Waals surface area contributed by atoms with Crippen molar-refractivity contribution in [2.45, 2.75) is 19.3 Å². The minimum absolute atomic E-state index is 0.120. The summed E-state index contributed by atoms with van der Waals surface area (Å²) in [5, 5.41) is 11.6. The zero-order chi connectivity index (χ0) is 12.1. The first-order valence-electron chi connectivity index (χ1n) is 4.73. The minimum atomic E-state index is -1.01. The zero-order valence-corrected chi connectivity index (χ0v) is 10.4. The highest BCUT2D eigenvalue weighted by atomic mass is 79.9. The van der Waals surface area contributed by atoms with Crippen molar-refractivity contribution >= 4 is 33.5 Å². The molecular formula is C11H10BrNO3. The maximum absolute atomic E-state index is 11.7. The van der Waals surface area contributed by atoms with Crippen molar-refractivity contribution in [2.75, 3.05) is 5.32 Å². The predicted octanol–water partition coefficient (Wildman–Crippen LogP) is 2.38. The van der Waals surface area contributed by atoms with E-state index in [0.717, 1.165) is 5.56 Å². The van der Waals surface area contributed by atoms with E-state index in [1.165, 1.54) is 12.1 Å². The van der Waals surface area contributed by atoms with Crippen molar-refractivity contribution in [3.63, 3.8) is 0 Å². The average Bonchev–Trinajstić information content (AvgIpc) is 2.37. The lowest BCUT2D eigenvalue weighted by atomic mass is 9.86. The Kier molecular flexibility index (Phi) is 2.31. The zero-order valence-electron chi connectivity index (χ0n) is 8.80. The molecule has 5 heteroatoms. The molecule has 0 bridgehead atoms. The largest absolute Gasteiger partial charge is 0.478 e. The molecule has 0 aliphatic carbocycles. The molecule has 2 rings (SSSR count). The summed E-state index contributed by atoms with van der Waals surface area (Å²) in [5.74, 6) is -1.13. The van der Waals surface area contributed by atoms with Gasteiger partial charge in [-0.1, -0.05) is 15.9 Å². The molecule has 0 aromatic heterocycles. The Labute approximate surface area is 101 Å². The molecule has 1 aromatic carbocycles. The Bertz CT molecular complexity index is 508. The first kappa shape index (κ1) is 11.1. The first-order valence-corrected chi connectivity index (χ1v) is 5.52. The predicted molar refractivity (Wildman–Crippen MR) is 62.8 cm³/mol. The van der Waals surface area contributed by atoms with E-state index < -0.39 is 11.4 Å². The van der Waals surface area contributed by atoms with Crippen LogP contribution in [-0.2, 0) is 10.2 Å². The lowest BCUT2D eigenvalue weighted by Gasteiger charge is -2.16. The second kappa shape index (κ2) is 3.31. The normalized spacial score (nSPS) is 16.8. The number of hydrogen-bond acceptors (Lipinski definition) is 2. The number of halogens is 1. The van der Waals surface area contributed by atoms with Crippen LogP contribution in [0.2, 0.25) is 0 Å². The number of carboxylic acids is 1. The number of benzene rings is 1. The van der Waals surface area contributed by atoms with Crippen LogP contribution in [0.25, 0.3) is 0 Å². The Morgan fingerprint density at radius 1 is 1.44 bits per heavy atom. The van der Waals surface area contributed by atoms with Crippen molar-refractivity contribution in [1.82, 2.24) is 0 Å². The summed E-state index contributed by atoms with van der Waals surface area (Å²) in [4.78, 5) is 22.6. The molecular weight excluding hydrogens is 274 g/mol. The van der Waals surface area contributed by atoms with Gasteiger partial charge in [0.15, 0.2) is 0 Å². The summed E-state index contributed by atoms with van der Waals surface area (Å²) in [5.41, 5.74) is 0.901. The van der Waals surface area contributed by atoms with Gasteiger partial charge in [-0.3, -0.25) is 4.79 Å². The molecule has 1 aliphatic rings. The fourth-order valence-electron chi connectivity index (χ4n) is 1.86. The number of anilines is 1. The second-order valence-electron chi connectivity index (χ2n) is 4.26. The van der Waals surface area contributed by atoms with Crippen LogP contribution in [0.15, 0.2) is 16.6 Å². The molecule has 0 spiro atoms. The molecule has 1 aliphatic heterocycles. The number of hydrogen-bond donors (Lipinski definition) is 2. The van der Waals surface area contributed by atoms with E-state index in [9.17, 15) is 9.59 Å². The van der Waals surface area contributed by atoms with Crippen LogP contribution < -0.4 is 5.32 Å². The highest BCUT2D eigenvalue weighted by Gasteiger charge is 2.40. The second-order valence-corrected chi connectivity index (χ2v) is 5.12. The summed E-state index contributed by atoms with van der Waals surface area (Å²) in [6.45, 7) is 3.61. The number of carbonyl (C=O) groups is 2. The summed E-state index contributed by atoms with van der Waals surface area (Å²) < 4.78 is 0.644. The van der Waals surface area contributed by atoms with E-state index in [0.29, 0.717) is 10.2 Å². The average molecular weight is 284 g/mol. The summed E-state index contributed by atoms with van der Waals surface area (Å²) >= 11 is 3.31. The molecule has 0 saturated carbocycles. The fourth-order valence-corrected chi connectivity index (χ4v) is 2.81. The number of nitrogens with one attached hydrogen (secondary N) is 1. The third-order valence-corrected chi connectivity index (χ3v) is 3.40. The van der Waals surface area contributed by atoms with E-state index in [4.69, 9.17) is 5.11 Å². The highest BCUT2D eigenvalue weighted by Crippen LogP contribution is 2.42. The number of aromatic carboxylic acids is 1. The van der Waals surface area contributed by atoms with Crippen molar-refractivity contribution in [3.05, 3.63) is 27.7 Å². The van der Waals surface area contributed by atoms with Gasteiger partial charge in [0.1, 0.15) is 0 Å². The van der Waals surface area contributed by atoms with Gasteiger partial charge in [-0.25, -0.2) is 4.79 Å². The monoisotopic (exact) mass is 283 g/mol. The van der Waals surface area contributed by atoms with Crippen LogP contribution in [-0.4, -0.2) is 17.0 Å². The molecule has 2 N–H and O–H groups in total. The standard InChI is InChI=1S/C11H10BrNO3/c1-11(2)8-6(12)3-5(9(14)15)4-7(8)13-10(11)16/h3-4H,1-2H3,(H,13,16)(H,14,15). The fraction of sp³-hybridized carbons (Fsp3) is 0.273. The maximum Gasteiger partial charge on any atom is 0.335 e. The maximum atomic E-state index is 11.7. The smallest absolute Gasteiger partial charge is 0.335 e. The number of fused-ring (bicyclic) bond motifs is 1. The van der Waals surface area contributed by atoms with Gasteiger partial charge in [0, 0.05) is 15.7 Å². The third kappa shape index (κ3) is 1.43. The molecule has 0 fully saturated rings. The van der Waals surface area contributed by atoms with Crippen molar-refractivity contribution in [3.8, 4) is 0 Å². The molecule has 16 heavy (non-hydrogen) atoms. The van der Waals surface area contributed by atoms with Gasteiger partial charge < -0.3 is 10.4 Å². The van der Waals surface area contributed by atoms with E-state index in [2.05, 4.69) is 21.2 Å². The van der Waals surface area contributed by atoms with Gasteiger partial charge in [-0.05, 0) is 26.0 Å². The van der Waals surface area contributed by atoms with Gasteiger partial charge in [0.25, 0.3) is 0 Å². The molecule has 4 nitrogen and oxygen atoms in total. The van der Waals surface area contributed by atoms with Crippen LogP contribution in [0.1, 0.15) is 29.8 Å². The minimum Gasteiger partial charge on any atom is -0.478 e. The summed E-state index contributed by atoms with van der Waals surface area (Å²) in [6.07, 6.45) is 0. The molecule has 0 atom stereocenters. The number of carbonyl (C=O) groups excluding carboxylic acids is 1. The van der Waals surface area contributed by atoms with Crippen LogP contribution in [0.4, 0.5) is 5.69 Å². The molecule has 1 aromatic rings. The lowest BCUT2D eigenvalue weighted by molar-refractivity contribution is -0.119. The first-order chi connectivity index (χ1) is 7.34. The van der Waals surface area contributed by atoms with E-state index in [1.807, 2.05) is 0 Å². The van der Waals surface area contributed by atoms with E-state index in [-0.39, 0.29) is 11.5 Å². The molecule has 0 unspecified atom stereocenters. The Hall–Kier alpha value is -1.36. The van der Waals surface area contributed by atoms with Gasteiger partial charge in [-0.2, -0.15) is 0 Å². The Balaban J connectivity index is 2.67. The van der Waals surface area contributed by atoms with Crippen LogP contribution in [0, 0.1) is 0 Å². The molecule has 1 amide bonds. The number of rotatable bonds is 1. The van der Waals surface area contributed by atoms with Gasteiger partial charge in [0.05, 0.1) is 11.0 Å². The SMILES string of the molecule is CC1(C)C(=O)Nc2cc(C(=O)O)cc(Br)c21. The topological polar surface area (TPSA) is 66.4 Å². The number of carboxylic acid groups (broad SMARTS) is 1. The van der Waals surface area contributed by atoms with Gasteiger partial charge in [-0.15, -0.1) is 0 Å². The van der Waals surface area contributed by atoms with Crippen molar-refractivity contribution in [1.29, 1.82) is 0 Å². The summed E-state index contributed by atoms with van der Waals surface area (Å²) in [6, 6.07) is 3.00. The molecule has 84 valence electrons. The lowest BCUT2D eigenvalue weighted by Crippen LogP contribution is -2.27. The van der Waals surface area contributed by atoms with E-state index in [1.54, 1.807) is 13.8 Å². The van der Waals surface area contributed by atoms with Crippen LogP contribution >= 0.6 is 15.9 Å². The van der Waals surface area contributed by atoms with Crippen molar-refractivity contribution < 1.29 is 14.7 Å². The third-order valence-electron chi connectivity index (χ3n) is 2.78. The van der Waals surface area contributed by atoms with Crippen LogP contribution in [0.3, 0.4) is 0 Å². The van der Waals surface area contributed by atoms with Crippen molar-refractivity contribution in [2.24, 2.45) is 0 Å². The summed E-state index contributed by atoms with van der Waals surface area (Å²) in [7, 11) is 0. The molecule has 0 radical (unpaired) electrons. The number of amides is 1. The Morgan fingerprint density at radius 3 is 2.62 bits per heavy atom. The van der Waals surface area contributed by atoms with Crippen LogP contribution in [0.5, 0.6) is 0 Å². The molecule has 1 heterocycles. The quantitative estimate of drug-likeness (QED) is 0.832. The van der Waals surface area contributed by atoms with E-state index >= 15 is 0 Å². The molecule has 0 saturated heterocycles. The van der Waals surface area contributed by atoms with Gasteiger partial charge in [0.2, 0.25) is 5.91 Å².